The van der Waals surface area contributed by atoms with Crippen molar-refractivity contribution in [3.63, 3.8) is 0 Å². The highest BCUT2D eigenvalue weighted by atomic mass is 19.4. The van der Waals surface area contributed by atoms with Gasteiger partial charge in [-0.1, -0.05) is 0 Å². The molecule has 1 saturated carbocycles. The maximum absolute atomic E-state index is 11.6. The fourth-order valence-electron chi connectivity index (χ4n) is 0.977. The summed E-state index contributed by atoms with van der Waals surface area (Å²) in [5.41, 5.74) is 0.168. The van der Waals surface area contributed by atoms with E-state index in [4.69, 9.17) is 0 Å². The molecule has 1 fully saturated rings. The molecule has 5 heteroatoms. The molecule has 0 bridgehead atoms. The first-order chi connectivity index (χ1) is 5.91. The zero-order valence-corrected chi connectivity index (χ0v) is 7.58. The maximum Gasteiger partial charge on any atom is 0.411 e. The van der Waals surface area contributed by atoms with E-state index in [0.717, 1.165) is 12.8 Å². The largest absolute Gasteiger partial charge is 0.411 e. The van der Waals surface area contributed by atoms with Crippen LogP contribution in [0.1, 0.15) is 19.8 Å². The van der Waals surface area contributed by atoms with Crippen LogP contribution in [-0.2, 0) is 4.74 Å². The third-order valence-electron chi connectivity index (χ3n) is 2.06. The van der Waals surface area contributed by atoms with E-state index in [1.165, 1.54) is 0 Å². The Kier molecular flexibility index (Phi) is 3.18. The Morgan fingerprint density at radius 2 is 2.00 bits per heavy atom. The lowest BCUT2D eigenvalue weighted by Gasteiger charge is -2.12. The van der Waals surface area contributed by atoms with Crippen molar-refractivity contribution in [2.45, 2.75) is 31.5 Å². The van der Waals surface area contributed by atoms with Gasteiger partial charge in [0.2, 0.25) is 0 Å². The first kappa shape index (κ1) is 10.8. The van der Waals surface area contributed by atoms with E-state index in [0.29, 0.717) is 6.54 Å². The van der Waals surface area contributed by atoms with Gasteiger partial charge in [-0.05, 0) is 19.8 Å². The predicted molar refractivity (Wildman–Crippen MR) is 42.5 cm³/mol. The predicted octanol–water partition coefficient (Wildman–Crippen LogP) is 1.71. The second-order valence-electron chi connectivity index (χ2n) is 3.66. The van der Waals surface area contributed by atoms with Crippen LogP contribution in [-0.4, -0.2) is 31.5 Å². The number of ether oxygens (including phenoxy) is 1. The summed E-state index contributed by atoms with van der Waals surface area (Å²) in [6.07, 6.45) is -2.00. The first-order valence-corrected chi connectivity index (χ1v) is 4.31. The molecule has 0 heterocycles. The second kappa shape index (κ2) is 3.84. The SMILES string of the molecule is CC1(NCCOCC(F)(F)F)CC1. The Morgan fingerprint density at radius 3 is 2.46 bits per heavy atom. The van der Waals surface area contributed by atoms with E-state index < -0.39 is 12.8 Å². The van der Waals surface area contributed by atoms with Crippen LogP contribution in [0.15, 0.2) is 0 Å². The zero-order valence-electron chi connectivity index (χ0n) is 7.58. The Hall–Kier alpha value is -0.290. The van der Waals surface area contributed by atoms with Crippen molar-refractivity contribution in [3.05, 3.63) is 0 Å². The lowest BCUT2D eigenvalue weighted by atomic mass is 10.3. The van der Waals surface area contributed by atoms with Gasteiger partial charge in [-0.15, -0.1) is 0 Å². The molecule has 0 aliphatic heterocycles. The van der Waals surface area contributed by atoms with E-state index in [-0.39, 0.29) is 12.1 Å². The van der Waals surface area contributed by atoms with Gasteiger partial charge in [-0.25, -0.2) is 0 Å². The third kappa shape index (κ3) is 5.10. The summed E-state index contributed by atoms with van der Waals surface area (Å²) >= 11 is 0. The summed E-state index contributed by atoms with van der Waals surface area (Å²) in [5, 5.41) is 3.13. The van der Waals surface area contributed by atoms with Gasteiger partial charge in [0.25, 0.3) is 0 Å². The molecule has 2 nitrogen and oxygen atoms in total. The molecule has 1 N–H and O–H groups in total. The fraction of sp³-hybridized carbons (Fsp3) is 1.00. The molecule has 0 spiro atoms. The maximum atomic E-state index is 11.6. The molecule has 0 radical (unpaired) electrons. The van der Waals surface area contributed by atoms with Crippen LogP contribution in [0.5, 0.6) is 0 Å². The molecule has 0 aromatic carbocycles. The second-order valence-corrected chi connectivity index (χ2v) is 3.66. The lowest BCUT2D eigenvalue weighted by molar-refractivity contribution is -0.173. The van der Waals surface area contributed by atoms with Crippen molar-refractivity contribution in [2.24, 2.45) is 0 Å². The van der Waals surface area contributed by atoms with E-state index in [1.54, 1.807) is 0 Å². The van der Waals surface area contributed by atoms with Gasteiger partial charge in [0.1, 0.15) is 6.61 Å². The molecule has 0 amide bonds. The topological polar surface area (TPSA) is 21.3 Å². The van der Waals surface area contributed by atoms with Gasteiger partial charge >= 0.3 is 6.18 Å². The summed E-state index contributed by atoms with van der Waals surface area (Å²) in [7, 11) is 0. The highest BCUT2D eigenvalue weighted by molar-refractivity contribution is 4.97. The lowest BCUT2D eigenvalue weighted by Crippen LogP contribution is -2.32. The van der Waals surface area contributed by atoms with Crippen LogP contribution in [0, 0.1) is 0 Å². The smallest absolute Gasteiger partial charge is 0.371 e. The number of hydrogen-bond donors (Lipinski definition) is 1. The highest BCUT2D eigenvalue weighted by Crippen LogP contribution is 2.33. The molecule has 0 atom stereocenters. The zero-order chi connectivity index (χ0) is 9.95. The Bertz CT molecular complexity index is 158. The van der Waals surface area contributed by atoms with Gasteiger partial charge in [0.15, 0.2) is 0 Å². The number of halogens is 3. The molecule has 0 aromatic rings. The van der Waals surface area contributed by atoms with E-state index >= 15 is 0 Å². The van der Waals surface area contributed by atoms with Gasteiger partial charge in [-0.3, -0.25) is 0 Å². The summed E-state index contributed by atoms with van der Waals surface area (Å²) in [6.45, 7) is 1.52. The van der Waals surface area contributed by atoms with E-state index in [1.807, 2.05) is 0 Å². The summed E-state index contributed by atoms with van der Waals surface area (Å²) in [5.74, 6) is 0. The minimum absolute atomic E-state index is 0.120. The molecule has 0 saturated heterocycles. The van der Waals surface area contributed by atoms with Gasteiger partial charge in [0.05, 0.1) is 6.61 Å². The minimum atomic E-state index is -4.20. The van der Waals surface area contributed by atoms with Crippen LogP contribution >= 0.6 is 0 Å². The Labute approximate surface area is 75.4 Å². The standard InChI is InChI=1S/C8H14F3NO/c1-7(2-3-7)12-4-5-13-6-8(9,10)11/h12H,2-6H2,1H3. The normalized spacial score (nSPS) is 20.3. The molecule has 1 aliphatic rings. The van der Waals surface area contributed by atoms with E-state index in [2.05, 4.69) is 17.0 Å². The van der Waals surface area contributed by atoms with Gasteiger partial charge < -0.3 is 10.1 Å². The molecule has 13 heavy (non-hydrogen) atoms. The number of nitrogens with one attached hydrogen (secondary N) is 1. The molecule has 0 aromatic heterocycles. The van der Waals surface area contributed by atoms with Crippen LogP contribution in [0.3, 0.4) is 0 Å². The van der Waals surface area contributed by atoms with Gasteiger partial charge in [0, 0.05) is 12.1 Å². The summed E-state index contributed by atoms with van der Waals surface area (Å²) in [4.78, 5) is 0. The van der Waals surface area contributed by atoms with Crippen LogP contribution in [0.25, 0.3) is 0 Å². The molecular formula is C8H14F3NO. The summed E-state index contributed by atoms with van der Waals surface area (Å²) in [6, 6.07) is 0. The number of hydrogen-bond acceptors (Lipinski definition) is 2. The van der Waals surface area contributed by atoms with Crippen molar-refractivity contribution < 1.29 is 17.9 Å². The summed E-state index contributed by atoms with van der Waals surface area (Å²) < 4.78 is 39.2. The highest BCUT2D eigenvalue weighted by Gasteiger charge is 2.36. The molecule has 0 unspecified atom stereocenters. The molecule has 1 aliphatic carbocycles. The molecule has 78 valence electrons. The number of alkyl halides is 3. The van der Waals surface area contributed by atoms with Crippen molar-refractivity contribution in [1.29, 1.82) is 0 Å². The van der Waals surface area contributed by atoms with Crippen molar-refractivity contribution in [2.75, 3.05) is 19.8 Å². The molecule has 1 rings (SSSR count). The van der Waals surface area contributed by atoms with Crippen LogP contribution in [0.2, 0.25) is 0 Å². The molecular weight excluding hydrogens is 183 g/mol. The van der Waals surface area contributed by atoms with Crippen molar-refractivity contribution in [3.8, 4) is 0 Å². The van der Waals surface area contributed by atoms with Crippen molar-refractivity contribution >= 4 is 0 Å². The average Bonchev–Trinajstić information content (AvgIpc) is 2.65. The quantitative estimate of drug-likeness (QED) is 0.677. The minimum Gasteiger partial charge on any atom is -0.371 e. The van der Waals surface area contributed by atoms with E-state index in [9.17, 15) is 13.2 Å². The van der Waals surface area contributed by atoms with Crippen LogP contribution in [0.4, 0.5) is 13.2 Å². The average molecular weight is 197 g/mol. The Morgan fingerprint density at radius 1 is 1.38 bits per heavy atom. The monoisotopic (exact) mass is 197 g/mol. The Balaban J connectivity index is 1.90. The van der Waals surface area contributed by atoms with Gasteiger partial charge in [-0.2, -0.15) is 13.2 Å². The first-order valence-electron chi connectivity index (χ1n) is 4.31. The third-order valence-corrected chi connectivity index (χ3v) is 2.06. The number of rotatable bonds is 5. The van der Waals surface area contributed by atoms with Crippen molar-refractivity contribution in [1.82, 2.24) is 5.32 Å². The fourth-order valence-corrected chi connectivity index (χ4v) is 0.977. The van der Waals surface area contributed by atoms with Crippen LogP contribution < -0.4 is 5.32 Å².